The van der Waals surface area contributed by atoms with Gasteiger partial charge in [-0.3, -0.25) is 0 Å². The standard InChI is InChI=1S/C31H35BrO3/c1-6-34-29(33)22-9-7-21(8-10-22)23-12-14-28(35-18-17-32)25(19-23)24-11-13-26-27(20-24)31(4,5)16-15-30(26,2)3/h7-14,19-20H,6,15-18H2,1-5H3. The second kappa shape index (κ2) is 10.2. The number of rotatable bonds is 7. The number of fused-ring (bicyclic) bond motifs is 1. The quantitative estimate of drug-likeness (QED) is 0.225. The topological polar surface area (TPSA) is 35.5 Å². The Morgan fingerprint density at radius 2 is 1.46 bits per heavy atom. The van der Waals surface area contributed by atoms with Gasteiger partial charge in [0, 0.05) is 10.9 Å². The Bertz CT molecular complexity index is 1210. The molecule has 35 heavy (non-hydrogen) atoms. The van der Waals surface area contributed by atoms with E-state index in [1.54, 1.807) is 0 Å². The lowest BCUT2D eigenvalue weighted by atomic mass is 9.63. The van der Waals surface area contributed by atoms with E-state index in [1.807, 2.05) is 31.2 Å². The predicted octanol–water partition coefficient (Wildman–Crippen LogP) is 8.32. The second-order valence-electron chi connectivity index (χ2n) is 10.6. The van der Waals surface area contributed by atoms with Crippen LogP contribution in [0, 0.1) is 0 Å². The molecule has 0 saturated heterocycles. The zero-order chi connectivity index (χ0) is 25.2. The number of carbonyl (C=O) groups excluding carboxylic acids is 1. The van der Waals surface area contributed by atoms with Crippen molar-refractivity contribution in [3.63, 3.8) is 0 Å². The van der Waals surface area contributed by atoms with Crippen molar-refractivity contribution >= 4 is 21.9 Å². The molecule has 1 aliphatic rings. The van der Waals surface area contributed by atoms with Gasteiger partial charge in [-0.2, -0.15) is 0 Å². The Kier molecular flexibility index (Phi) is 7.42. The van der Waals surface area contributed by atoms with Gasteiger partial charge >= 0.3 is 5.97 Å². The van der Waals surface area contributed by atoms with E-state index in [0.717, 1.165) is 27.8 Å². The van der Waals surface area contributed by atoms with E-state index in [9.17, 15) is 4.79 Å². The third kappa shape index (κ3) is 5.33. The summed E-state index contributed by atoms with van der Waals surface area (Å²) >= 11 is 3.48. The predicted molar refractivity (Wildman–Crippen MR) is 148 cm³/mol. The summed E-state index contributed by atoms with van der Waals surface area (Å²) < 4.78 is 11.3. The molecule has 0 bridgehead atoms. The lowest BCUT2D eigenvalue weighted by Gasteiger charge is -2.42. The van der Waals surface area contributed by atoms with Gasteiger partial charge < -0.3 is 9.47 Å². The highest BCUT2D eigenvalue weighted by molar-refractivity contribution is 9.09. The highest BCUT2D eigenvalue weighted by Gasteiger charge is 2.37. The minimum atomic E-state index is -0.294. The summed E-state index contributed by atoms with van der Waals surface area (Å²) in [5, 5.41) is 0.773. The number of hydrogen-bond acceptors (Lipinski definition) is 3. The number of ether oxygens (including phenoxy) is 2. The maximum absolute atomic E-state index is 12.0. The molecule has 3 nitrogen and oxygen atoms in total. The zero-order valence-electron chi connectivity index (χ0n) is 21.4. The van der Waals surface area contributed by atoms with Gasteiger partial charge in [-0.05, 0) is 82.7 Å². The van der Waals surface area contributed by atoms with Gasteiger partial charge in [0.15, 0.2) is 0 Å². The Labute approximate surface area is 218 Å². The van der Waals surface area contributed by atoms with E-state index in [4.69, 9.17) is 9.47 Å². The van der Waals surface area contributed by atoms with Crippen LogP contribution in [-0.4, -0.2) is 24.5 Å². The molecule has 0 amide bonds. The Balaban J connectivity index is 1.78. The highest BCUT2D eigenvalue weighted by Crippen LogP contribution is 2.47. The maximum atomic E-state index is 12.0. The first-order valence-electron chi connectivity index (χ1n) is 12.4. The molecule has 4 heteroatoms. The fraction of sp³-hybridized carbons (Fsp3) is 0.387. The van der Waals surface area contributed by atoms with E-state index in [2.05, 4.69) is 80.0 Å². The highest BCUT2D eigenvalue weighted by atomic mass is 79.9. The third-order valence-electron chi connectivity index (χ3n) is 7.21. The van der Waals surface area contributed by atoms with Crippen molar-refractivity contribution in [2.24, 2.45) is 0 Å². The van der Waals surface area contributed by atoms with Crippen LogP contribution in [0.1, 0.15) is 68.9 Å². The molecule has 1 aliphatic carbocycles. The molecule has 0 aromatic heterocycles. The first-order valence-corrected chi connectivity index (χ1v) is 13.5. The van der Waals surface area contributed by atoms with Gasteiger partial charge in [-0.25, -0.2) is 4.79 Å². The fourth-order valence-corrected chi connectivity index (χ4v) is 5.14. The van der Waals surface area contributed by atoms with Crippen molar-refractivity contribution in [1.82, 2.24) is 0 Å². The Morgan fingerprint density at radius 1 is 0.829 bits per heavy atom. The van der Waals surface area contributed by atoms with Crippen LogP contribution in [-0.2, 0) is 15.6 Å². The average molecular weight is 536 g/mol. The van der Waals surface area contributed by atoms with Gasteiger partial charge in [0.25, 0.3) is 0 Å². The SMILES string of the molecule is CCOC(=O)c1ccc(-c2ccc(OCCBr)c(-c3ccc4c(c3)C(C)(C)CCC4(C)C)c2)cc1. The van der Waals surface area contributed by atoms with Gasteiger partial charge in [0.2, 0.25) is 0 Å². The van der Waals surface area contributed by atoms with Crippen molar-refractivity contribution in [2.75, 3.05) is 18.5 Å². The summed E-state index contributed by atoms with van der Waals surface area (Å²) in [6.07, 6.45) is 2.37. The number of hydrogen-bond donors (Lipinski definition) is 0. The molecule has 0 heterocycles. The summed E-state index contributed by atoms with van der Waals surface area (Å²) in [6, 6.07) is 20.9. The molecular formula is C31H35BrO3. The zero-order valence-corrected chi connectivity index (χ0v) is 23.0. The van der Waals surface area contributed by atoms with Gasteiger partial charge in [0.05, 0.1) is 18.8 Å². The van der Waals surface area contributed by atoms with Crippen LogP contribution in [0.4, 0.5) is 0 Å². The molecule has 0 spiro atoms. The lowest BCUT2D eigenvalue weighted by Crippen LogP contribution is -2.33. The molecule has 0 saturated carbocycles. The molecule has 0 unspecified atom stereocenters. The van der Waals surface area contributed by atoms with E-state index >= 15 is 0 Å². The summed E-state index contributed by atoms with van der Waals surface area (Å²) in [7, 11) is 0. The van der Waals surface area contributed by atoms with E-state index in [0.29, 0.717) is 18.8 Å². The van der Waals surface area contributed by atoms with Crippen LogP contribution in [0.5, 0.6) is 5.75 Å². The average Bonchev–Trinajstić information content (AvgIpc) is 2.85. The summed E-state index contributed by atoms with van der Waals surface area (Å²) in [5.41, 5.74) is 8.15. The Hall–Kier alpha value is -2.59. The first kappa shape index (κ1) is 25.5. The van der Waals surface area contributed by atoms with Crippen molar-refractivity contribution in [3.05, 3.63) is 77.4 Å². The molecule has 0 radical (unpaired) electrons. The molecule has 0 fully saturated rings. The second-order valence-corrected chi connectivity index (χ2v) is 11.4. The van der Waals surface area contributed by atoms with Crippen molar-refractivity contribution in [1.29, 1.82) is 0 Å². The molecule has 184 valence electrons. The van der Waals surface area contributed by atoms with E-state index < -0.39 is 0 Å². The minimum Gasteiger partial charge on any atom is -0.492 e. The maximum Gasteiger partial charge on any atom is 0.338 e. The molecular weight excluding hydrogens is 500 g/mol. The number of halogens is 1. The smallest absolute Gasteiger partial charge is 0.338 e. The van der Waals surface area contributed by atoms with Gasteiger partial charge in [0.1, 0.15) is 5.75 Å². The summed E-state index contributed by atoms with van der Waals surface area (Å²) in [4.78, 5) is 12.0. The molecule has 3 aromatic rings. The summed E-state index contributed by atoms with van der Waals surface area (Å²) in [6.45, 7) is 12.2. The van der Waals surface area contributed by atoms with Crippen molar-refractivity contribution < 1.29 is 14.3 Å². The fourth-order valence-electron chi connectivity index (χ4n) is 4.98. The van der Waals surface area contributed by atoms with Crippen LogP contribution < -0.4 is 4.74 Å². The number of alkyl halides is 1. The normalized spacial score (nSPS) is 15.8. The van der Waals surface area contributed by atoms with Crippen LogP contribution >= 0.6 is 15.9 Å². The first-order chi connectivity index (χ1) is 16.7. The number of benzene rings is 3. The molecule has 0 atom stereocenters. The third-order valence-corrected chi connectivity index (χ3v) is 7.53. The van der Waals surface area contributed by atoms with Gasteiger partial charge in [-0.1, -0.05) is 80.0 Å². The van der Waals surface area contributed by atoms with E-state index in [1.165, 1.54) is 29.5 Å². The lowest BCUT2D eigenvalue weighted by molar-refractivity contribution is 0.0526. The minimum absolute atomic E-state index is 0.137. The molecule has 0 N–H and O–H groups in total. The number of carbonyl (C=O) groups is 1. The largest absolute Gasteiger partial charge is 0.492 e. The molecule has 0 aliphatic heterocycles. The van der Waals surface area contributed by atoms with Crippen molar-refractivity contribution in [2.45, 2.75) is 58.3 Å². The van der Waals surface area contributed by atoms with E-state index in [-0.39, 0.29) is 16.8 Å². The molecule has 4 rings (SSSR count). The molecule has 3 aromatic carbocycles. The van der Waals surface area contributed by atoms with Crippen LogP contribution in [0.15, 0.2) is 60.7 Å². The van der Waals surface area contributed by atoms with Crippen molar-refractivity contribution in [3.8, 4) is 28.0 Å². The summed E-state index contributed by atoms with van der Waals surface area (Å²) in [5.74, 6) is 0.585. The monoisotopic (exact) mass is 534 g/mol. The van der Waals surface area contributed by atoms with Crippen LogP contribution in [0.25, 0.3) is 22.3 Å². The number of esters is 1. The van der Waals surface area contributed by atoms with Crippen LogP contribution in [0.3, 0.4) is 0 Å². The van der Waals surface area contributed by atoms with Crippen LogP contribution in [0.2, 0.25) is 0 Å². The van der Waals surface area contributed by atoms with Gasteiger partial charge in [-0.15, -0.1) is 0 Å². The Morgan fingerprint density at radius 3 is 2.11 bits per heavy atom.